The Bertz CT molecular complexity index is 912. The number of piperazine rings is 1. The van der Waals surface area contributed by atoms with Crippen molar-refractivity contribution < 1.29 is 28.9 Å². The third-order valence-electron chi connectivity index (χ3n) is 5.19. The van der Waals surface area contributed by atoms with Crippen molar-refractivity contribution in [3.05, 3.63) is 66.1 Å². The van der Waals surface area contributed by atoms with Gasteiger partial charge in [0.2, 0.25) is 0 Å². The zero-order chi connectivity index (χ0) is 24.8. The number of aryl methyl sites for hydroxylation is 1. The van der Waals surface area contributed by atoms with Gasteiger partial charge in [-0.25, -0.2) is 19.0 Å². The number of aromatic nitrogens is 1. The van der Waals surface area contributed by atoms with Crippen LogP contribution in [0.25, 0.3) is 0 Å². The molecule has 2 heterocycles. The van der Waals surface area contributed by atoms with Gasteiger partial charge in [-0.2, -0.15) is 0 Å². The summed E-state index contributed by atoms with van der Waals surface area (Å²) in [5.74, 6) is -0.833. The van der Waals surface area contributed by atoms with Crippen LogP contribution < -0.4 is 9.64 Å². The average Bonchev–Trinajstić information content (AvgIpc) is 2.83. The number of rotatable bonds is 10. The van der Waals surface area contributed by atoms with Crippen molar-refractivity contribution in [1.82, 2.24) is 9.88 Å². The Labute approximate surface area is 199 Å². The molecule has 1 fully saturated rings. The molecule has 1 saturated heterocycles. The molecule has 184 valence electrons. The third kappa shape index (κ3) is 9.99. The summed E-state index contributed by atoms with van der Waals surface area (Å²) in [5.41, 5.74) is 1.22. The highest BCUT2D eigenvalue weighted by molar-refractivity contribution is 5.89. The first-order valence-electron chi connectivity index (χ1n) is 11.3. The smallest absolute Gasteiger partial charge is 0.328 e. The number of hydrogen-bond donors (Lipinski definition) is 2. The van der Waals surface area contributed by atoms with Gasteiger partial charge < -0.3 is 19.8 Å². The van der Waals surface area contributed by atoms with Crippen LogP contribution in [0.4, 0.5) is 10.2 Å². The highest BCUT2D eigenvalue weighted by Crippen LogP contribution is 2.26. The van der Waals surface area contributed by atoms with Gasteiger partial charge in [-0.3, -0.25) is 4.90 Å². The summed E-state index contributed by atoms with van der Waals surface area (Å²) in [6.07, 6.45) is 6.28. The average molecular weight is 474 g/mol. The zero-order valence-corrected chi connectivity index (χ0v) is 19.4. The van der Waals surface area contributed by atoms with Crippen LogP contribution in [0.15, 0.2) is 54.7 Å². The Morgan fingerprint density at radius 3 is 2.26 bits per heavy atom. The molecule has 2 aromatic rings. The molecule has 1 aromatic heterocycles. The molecule has 3 rings (SSSR count). The molecule has 9 heteroatoms. The lowest BCUT2D eigenvalue weighted by molar-refractivity contribution is -0.134. The molecule has 0 spiro atoms. The summed E-state index contributed by atoms with van der Waals surface area (Å²) in [4.78, 5) is 28.5. The van der Waals surface area contributed by atoms with Gasteiger partial charge in [0, 0.05) is 44.5 Å². The highest BCUT2D eigenvalue weighted by Gasteiger charge is 2.20. The van der Waals surface area contributed by atoms with Crippen LogP contribution in [0.2, 0.25) is 0 Å². The fourth-order valence-corrected chi connectivity index (χ4v) is 3.53. The molecular weight excluding hydrogens is 441 g/mol. The van der Waals surface area contributed by atoms with E-state index in [-0.39, 0.29) is 5.82 Å². The second-order valence-electron chi connectivity index (χ2n) is 7.68. The lowest BCUT2D eigenvalue weighted by atomic mass is 10.1. The van der Waals surface area contributed by atoms with Gasteiger partial charge in [0.1, 0.15) is 5.82 Å². The zero-order valence-electron chi connectivity index (χ0n) is 19.4. The molecule has 2 N–H and O–H groups in total. The number of hydrogen-bond acceptors (Lipinski definition) is 6. The predicted molar refractivity (Wildman–Crippen MR) is 128 cm³/mol. The van der Waals surface area contributed by atoms with Crippen molar-refractivity contribution >= 4 is 17.8 Å². The Morgan fingerprint density at radius 2 is 1.68 bits per heavy atom. The fraction of sp³-hybridized carbons (Fsp3) is 0.400. The lowest BCUT2D eigenvalue weighted by Gasteiger charge is -2.35. The molecule has 1 aliphatic heterocycles. The number of aliphatic carboxylic acids is 2. The first-order valence-corrected chi connectivity index (χ1v) is 11.3. The highest BCUT2D eigenvalue weighted by atomic mass is 19.1. The molecule has 0 saturated carbocycles. The van der Waals surface area contributed by atoms with Gasteiger partial charge in [0.15, 0.2) is 11.6 Å². The molecule has 0 unspecified atom stereocenters. The van der Waals surface area contributed by atoms with Gasteiger partial charge in [-0.15, -0.1) is 0 Å². The van der Waals surface area contributed by atoms with Gasteiger partial charge >= 0.3 is 11.9 Å². The van der Waals surface area contributed by atoms with Crippen LogP contribution in [0, 0.1) is 5.82 Å². The Balaban J connectivity index is 0.000000440. The van der Waals surface area contributed by atoms with E-state index in [0.29, 0.717) is 18.8 Å². The van der Waals surface area contributed by atoms with Crippen molar-refractivity contribution in [2.75, 3.05) is 44.2 Å². The number of nitrogens with zero attached hydrogens (tertiary/aromatic N) is 3. The maximum absolute atomic E-state index is 12.9. The second kappa shape index (κ2) is 14.6. The Kier molecular flexibility index (Phi) is 11.5. The van der Waals surface area contributed by atoms with Crippen LogP contribution in [0.5, 0.6) is 5.75 Å². The number of carboxylic acids is 2. The van der Waals surface area contributed by atoms with E-state index in [1.165, 1.54) is 12.0 Å². The minimum absolute atomic E-state index is 0.160. The number of pyridine rings is 1. The second-order valence-corrected chi connectivity index (χ2v) is 7.68. The quantitative estimate of drug-likeness (QED) is 0.399. The largest absolute Gasteiger partial charge is 0.490 e. The molecule has 1 aromatic carbocycles. The summed E-state index contributed by atoms with van der Waals surface area (Å²) in [5, 5.41) is 15.6. The Morgan fingerprint density at radius 1 is 1.03 bits per heavy atom. The molecular formula is C25H32FN3O5. The van der Waals surface area contributed by atoms with E-state index >= 15 is 0 Å². The summed E-state index contributed by atoms with van der Waals surface area (Å²) in [6, 6.07) is 10.8. The van der Waals surface area contributed by atoms with Gasteiger partial charge in [0.05, 0.1) is 6.61 Å². The number of carbonyl (C=O) groups is 2. The van der Waals surface area contributed by atoms with Crippen LogP contribution in [0.1, 0.15) is 25.3 Å². The topological polar surface area (TPSA) is 103 Å². The van der Waals surface area contributed by atoms with E-state index in [2.05, 4.69) is 14.8 Å². The number of unbranched alkanes of at least 4 members (excludes halogenated alkanes) is 1. The van der Waals surface area contributed by atoms with Gasteiger partial charge in [0.25, 0.3) is 0 Å². The molecule has 0 amide bonds. The van der Waals surface area contributed by atoms with Crippen LogP contribution in [-0.4, -0.2) is 71.4 Å². The number of benzene rings is 1. The number of halogens is 1. The van der Waals surface area contributed by atoms with E-state index in [4.69, 9.17) is 14.9 Å². The first kappa shape index (κ1) is 26.8. The standard InChI is InChI=1S/C21H28FN3O.C4H4O4/c1-2-26-20-7-5-12-23-21(20)25-16-14-24(15-17-25)13-4-3-6-18-8-10-19(22)11-9-18;5-3(6)1-2-4(7)8/h5,7-12H,2-4,6,13-17H2,1H3;1-2H,(H,5,6)(H,7,8)/b;2-1+. The summed E-state index contributed by atoms with van der Waals surface area (Å²) >= 11 is 0. The molecule has 0 radical (unpaired) electrons. The van der Waals surface area contributed by atoms with E-state index < -0.39 is 11.9 Å². The molecule has 34 heavy (non-hydrogen) atoms. The van der Waals surface area contributed by atoms with Crippen molar-refractivity contribution in [2.24, 2.45) is 0 Å². The number of carboxylic acid groups (broad SMARTS) is 2. The first-order chi connectivity index (χ1) is 16.4. The molecule has 0 atom stereocenters. The van der Waals surface area contributed by atoms with Crippen molar-refractivity contribution in [2.45, 2.75) is 26.2 Å². The minimum Gasteiger partial charge on any atom is -0.490 e. The summed E-state index contributed by atoms with van der Waals surface area (Å²) in [6.45, 7) is 7.85. The fourth-order valence-electron chi connectivity index (χ4n) is 3.53. The van der Waals surface area contributed by atoms with Gasteiger partial charge in [-0.1, -0.05) is 12.1 Å². The summed E-state index contributed by atoms with van der Waals surface area (Å²) < 4.78 is 18.6. The lowest BCUT2D eigenvalue weighted by Crippen LogP contribution is -2.47. The van der Waals surface area contributed by atoms with Crippen molar-refractivity contribution in [1.29, 1.82) is 0 Å². The van der Waals surface area contributed by atoms with E-state index in [1.807, 2.05) is 37.4 Å². The monoisotopic (exact) mass is 473 g/mol. The molecule has 0 bridgehead atoms. The minimum atomic E-state index is -1.26. The van der Waals surface area contributed by atoms with Crippen LogP contribution in [-0.2, 0) is 16.0 Å². The maximum Gasteiger partial charge on any atom is 0.328 e. The van der Waals surface area contributed by atoms with Crippen molar-refractivity contribution in [3.63, 3.8) is 0 Å². The van der Waals surface area contributed by atoms with Gasteiger partial charge in [-0.05, 0) is 62.6 Å². The number of ether oxygens (including phenoxy) is 1. The third-order valence-corrected chi connectivity index (χ3v) is 5.19. The predicted octanol–water partition coefficient (Wildman–Crippen LogP) is 3.48. The van der Waals surface area contributed by atoms with E-state index in [1.54, 1.807) is 12.1 Å². The van der Waals surface area contributed by atoms with E-state index in [0.717, 1.165) is 57.1 Å². The number of anilines is 1. The van der Waals surface area contributed by atoms with Crippen LogP contribution >= 0.6 is 0 Å². The molecule has 8 nitrogen and oxygen atoms in total. The Hall–Kier alpha value is -3.46. The normalized spacial score (nSPS) is 13.9. The molecule has 1 aliphatic rings. The maximum atomic E-state index is 12.9. The molecule has 0 aliphatic carbocycles. The summed E-state index contributed by atoms with van der Waals surface area (Å²) in [7, 11) is 0. The SMILES string of the molecule is CCOc1cccnc1N1CCN(CCCCc2ccc(F)cc2)CC1.O=C(O)/C=C/C(=O)O. The van der Waals surface area contributed by atoms with Crippen LogP contribution in [0.3, 0.4) is 0 Å². The van der Waals surface area contributed by atoms with E-state index in [9.17, 15) is 14.0 Å². The van der Waals surface area contributed by atoms with Crippen molar-refractivity contribution in [3.8, 4) is 5.75 Å².